The highest BCUT2D eigenvalue weighted by Crippen LogP contribution is 2.23. The Labute approximate surface area is 86.6 Å². The lowest BCUT2D eigenvalue weighted by atomic mass is 10.4. The molecule has 0 bridgehead atoms. The van der Waals surface area contributed by atoms with E-state index in [1.54, 1.807) is 0 Å². The van der Waals surface area contributed by atoms with Gasteiger partial charge in [-0.1, -0.05) is 11.6 Å². The van der Waals surface area contributed by atoms with Crippen molar-refractivity contribution in [2.24, 2.45) is 0 Å². The molecule has 1 aromatic heterocycles. The Morgan fingerprint density at radius 1 is 1.31 bits per heavy atom. The van der Waals surface area contributed by atoms with Gasteiger partial charge in [0.1, 0.15) is 5.03 Å². The summed E-state index contributed by atoms with van der Waals surface area (Å²) in [5.74, 6) is 0.594. The second-order valence-electron chi connectivity index (χ2n) is 2.56. The van der Waals surface area contributed by atoms with Gasteiger partial charge in [-0.15, -0.1) is 11.8 Å². The summed E-state index contributed by atoms with van der Waals surface area (Å²) >= 11 is 7.28. The van der Waals surface area contributed by atoms with Gasteiger partial charge in [0.2, 0.25) is 0 Å². The molecule has 1 aromatic rings. The molecule has 0 radical (unpaired) electrons. The fourth-order valence-electron chi connectivity index (χ4n) is 0.789. The van der Waals surface area contributed by atoms with Gasteiger partial charge in [-0.05, 0) is 13.8 Å². The van der Waals surface area contributed by atoms with Crippen LogP contribution in [0.5, 0.6) is 0 Å². The standard InChI is InChI=1S/C8H11ClN2OS/c1-5-6(2)11-8(7(9)10-5)13-4-3-12/h12H,3-4H2,1-2H3. The predicted octanol–water partition coefficient (Wildman–Crippen LogP) is 1.83. The first-order valence-electron chi connectivity index (χ1n) is 3.89. The molecular weight excluding hydrogens is 208 g/mol. The Balaban J connectivity index is 2.88. The van der Waals surface area contributed by atoms with Crippen LogP contribution >= 0.6 is 23.4 Å². The molecule has 0 amide bonds. The van der Waals surface area contributed by atoms with Crippen LogP contribution < -0.4 is 0 Å². The number of hydrogen-bond acceptors (Lipinski definition) is 4. The van der Waals surface area contributed by atoms with Gasteiger partial charge in [0.15, 0.2) is 5.15 Å². The van der Waals surface area contributed by atoms with Crippen LogP contribution in [0.3, 0.4) is 0 Å². The average molecular weight is 219 g/mol. The van der Waals surface area contributed by atoms with Crippen molar-refractivity contribution in [2.75, 3.05) is 12.4 Å². The van der Waals surface area contributed by atoms with E-state index < -0.39 is 0 Å². The summed E-state index contributed by atoms with van der Waals surface area (Å²) in [5.41, 5.74) is 1.73. The van der Waals surface area contributed by atoms with E-state index in [4.69, 9.17) is 16.7 Å². The van der Waals surface area contributed by atoms with E-state index in [2.05, 4.69) is 9.97 Å². The second kappa shape index (κ2) is 4.79. The lowest BCUT2D eigenvalue weighted by molar-refractivity contribution is 0.322. The Morgan fingerprint density at radius 2 is 1.92 bits per heavy atom. The van der Waals surface area contributed by atoms with Crippen LogP contribution in [0.1, 0.15) is 11.4 Å². The van der Waals surface area contributed by atoms with Crippen molar-refractivity contribution in [1.29, 1.82) is 0 Å². The van der Waals surface area contributed by atoms with E-state index in [0.717, 1.165) is 11.4 Å². The molecule has 13 heavy (non-hydrogen) atoms. The Morgan fingerprint density at radius 3 is 2.54 bits per heavy atom. The zero-order valence-corrected chi connectivity index (χ0v) is 9.11. The molecule has 1 rings (SSSR count). The molecule has 0 saturated heterocycles. The minimum absolute atomic E-state index is 0.121. The van der Waals surface area contributed by atoms with Crippen molar-refractivity contribution in [2.45, 2.75) is 18.9 Å². The van der Waals surface area contributed by atoms with E-state index in [1.807, 2.05) is 13.8 Å². The van der Waals surface area contributed by atoms with Crippen LogP contribution in [0.15, 0.2) is 5.03 Å². The summed E-state index contributed by atoms with van der Waals surface area (Å²) in [4.78, 5) is 8.39. The lowest BCUT2D eigenvalue weighted by Crippen LogP contribution is -1.96. The molecule has 0 spiro atoms. The van der Waals surface area contributed by atoms with Crippen LogP contribution in [-0.2, 0) is 0 Å². The van der Waals surface area contributed by atoms with Crippen LogP contribution in [0.4, 0.5) is 0 Å². The number of thioether (sulfide) groups is 1. The fraction of sp³-hybridized carbons (Fsp3) is 0.500. The number of aliphatic hydroxyl groups is 1. The number of halogens is 1. The molecule has 3 nitrogen and oxygen atoms in total. The van der Waals surface area contributed by atoms with Gasteiger partial charge in [-0.3, -0.25) is 0 Å². The second-order valence-corrected chi connectivity index (χ2v) is 4.00. The fourth-order valence-corrected chi connectivity index (χ4v) is 1.77. The monoisotopic (exact) mass is 218 g/mol. The first-order valence-corrected chi connectivity index (χ1v) is 5.26. The lowest BCUT2D eigenvalue weighted by Gasteiger charge is -2.04. The quantitative estimate of drug-likeness (QED) is 0.787. The van der Waals surface area contributed by atoms with Gasteiger partial charge < -0.3 is 5.11 Å². The number of aryl methyl sites for hydroxylation is 2. The first-order chi connectivity index (χ1) is 6.15. The van der Waals surface area contributed by atoms with Crippen molar-refractivity contribution < 1.29 is 5.11 Å². The Hall–Kier alpha value is -0.320. The molecule has 0 aromatic carbocycles. The molecule has 1 heterocycles. The molecule has 0 unspecified atom stereocenters. The molecule has 1 N–H and O–H groups in total. The zero-order valence-electron chi connectivity index (χ0n) is 7.54. The van der Waals surface area contributed by atoms with E-state index in [9.17, 15) is 0 Å². The van der Waals surface area contributed by atoms with Crippen LogP contribution in [-0.4, -0.2) is 27.4 Å². The highest BCUT2D eigenvalue weighted by atomic mass is 35.5. The maximum absolute atomic E-state index is 8.63. The van der Waals surface area contributed by atoms with Crippen molar-refractivity contribution in [3.05, 3.63) is 16.5 Å². The number of aromatic nitrogens is 2. The van der Waals surface area contributed by atoms with Crippen molar-refractivity contribution in [1.82, 2.24) is 9.97 Å². The van der Waals surface area contributed by atoms with Gasteiger partial charge in [0.05, 0.1) is 18.0 Å². The normalized spacial score (nSPS) is 10.5. The molecule has 0 aliphatic heterocycles. The van der Waals surface area contributed by atoms with Gasteiger partial charge >= 0.3 is 0 Å². The summed E-state index contributed by atoms with van der Waals surface area (Å²) in [5, 5.41) is 9.74. The average Bonchev–Trinajstić information content (AvgIpc) is 2.09. The van der Waals surface area contributed by atoms with Crippen LogP contribution in [0, 0.1) is 13.8 Å². The third kappa shape index (κ3) is 2.83. The Kier molecular flexibility index (Phi) is 3.96. The van der Waals surface area contributed by atoms with Crippen molar-refractivity contribution in [3.8, 4) is 0 Å². The molecule has 0 atom stereocenters. The van der Waals surface area contributed by atoms with E-state index in [1.165, 1.54) is 11.8 Å². The maximum atomic E-state index is 8.63. The van der Waals surface area contributed by atoms with Gasteiger partial charge in [-0.25, -0.2) is 9.97 Å². The SMILES string of the molecule is Cc1nc(Cl)c(SCCO)nc1C. The largest absolute Gasteiger partial charge is 0.396 e. The molecule has 72 valence electrons. The predicted molar refractivity (Wildman–Crippen MR) is 54.3 cm³/mol. The van der Waals surface area contributed by atoms with E-state index in [0.29, 0.717) is 15.9 Å². The summed E-state index contributed by atoms with van der Waals surface area (Å²) < 4.78 is 0. The van der Waals surface area contributed by atoms with Crippen molar-refractivity contribution in [3.63, 3.8) is 0 Å². The third-order valence-electron chi connectivity index (χ3n) is 1.57. The van der Waals surface area contributed by atoms with Crippen LogP contribution in [0.25, 0.3) is 0 Å². The summed E-state index contributed by atoms with van der Waals surface area (Å²) in [6, 6.07) is 0. The zero-order chi connectivity index (χ0) is 9.84. The number of aliphatic hydroxyl groups excluding tert-OH is 1. The molecular formula is C8H11ClN2OS. The van der Waals surface area contributed by atoms with Gasteiger partial charge in [0, 0.05) is 5.75 Å². The minimum Gasteiger partial charge on any atom is -0.396 e. The highest BCUT2D eigenvalue weighted by molar-refractivity contribution is 7.99. The van der Waals surface area contributed by atoms with Gasteiger partial charge in [-0.2, -0.15) is 0 Å². The summed E-state index contributed by atoms with van der Waals surface area (Å²) in [6.45, 7) is 3.88. The number of hydrogen-bond donors (Lipinski definition) is 1. The topological polar surface area (TPSA) is 46.0 Å². The van der Waals surface area contributed by atoms with Gasteiger partial charge in [0.25, 0.3) is 0 Å². The molecule has 0 aliphatic carbocycles. The number of nitrogens with zero attached hydrogens (tertiary/aromatic N) is 2. The minimum atomic E-state index is 0.121. The summed E-state index contributed by atoms with van der Waals surface area (Å²) in [6.07, 6.45) is 0. The molecule has 0 saturated carbocycles. The number of rotatable bonds is 3. The molecule has 0 fully saturated rings. The van der Waals surface area contributed by atoms with Crippen LogP contribution in [0.2, 0.25) is 5.15 Å². The molecule has 0 aliphatic rings. The smallest absolute Gasteiger partial charge is 0.161 e. The first kappa shape index (κ1) is 10.8. The highest BCUT2D eigenvalue weighted by Gasteiger charge is 2.06. The maximum Gasteiger partial charge on any atom is 0.161 e. The van der Waals surface area contributed by atoms with E-state index in [-0.39, 0.29) is 6.61 Å². The van der Waals surface area contributed by atoms with Crippen molar-refractivity contribution >= 4 is 23.4 Å². The summed E-state index contributed by atoms with van der Waals surface area (Å²) in [7, 11) is 0. The third-order valence-corrected chi connectivity index (χ3v) is 2.89. The van der Waals surface area contributed by atoms with E-state index >= 15 is 0 Å². The molecule has 5 heteroatoms. The Bertz CT molecular complexity index is 306.